The van der Waals surface area contributed by atoms with Gasteiger partial charge in [0.25, 0.3) is 5.56 Å². The molecule has 142 valence electrons. The number of rotatable bonds is 4. The molecular weight excluding hydrogens is 428 g/mol. The quantitative estimate of drug-likeness (QED) is 0.607. The molecule has 0 saturated carbocycles. The van der Waals surface area contributed by atoms with Crippen LogP contribution in [0.15, 0.2) is 57.9 Å². The van der Waals surface area contributed by atoms with Gasteiger partial charge in [0.05, 0.1) is 17.2 Å². The average molecular weight is 449 g/mol. The monoisotopic (exact) mass is 448 g/mol. The fourth-order valence-corrected chi connectivity index (χ4v) is 4.57. The number of fused-ring (bicyclic) bond motifs is 1. The molecule has 0 amide bonds. The second kappa shape index (κ2) is 7.20. The Morgan fingerprint density at radius 3 is 2.33 bits per heavy atom. The van der Waals surface area contributed by atoms with Crippen molar-refractivity contribution in [3.63, 3.8) is 0 Å². The molecule has 0 spiro atoms. The van der Waals surface area contributed by atoms with Gasteiger partial charge in [-0.15, -0.1) is 0 Å². The van der Waals surface area contributed by atoms with Crippen molar-refractivity contribution in [1.29, 1.82) is 0 Å². The third-order valence-electron chi connectivity index (χ3n) is 4.25. The van der Waals surface area contributed by atoms with E-state index in [2.05, 4.69) is 41.7 Å². The topological polar surface area (TPSA) is 68.5 Å². The van der Waals surface area contributed by atoms with Gasteiger partial charge in [-0.05, 0) is 44.6 Å². The van der Waals surface area contributed by atoms with Crippen LogP contribution in [0.3, 0.4) is 0 Å². The summed E-state index contributed by atoms with van der Waals surface area (Å²) in [6.45, 7) is 6.34. The van der Waals surface area contributed by atoms with E-state index in [4.69, 9.17) is 0 Å². The summed E-state index contributed by atoms with van der Waals surface area (Å²) in [7, 11) is -3.45. The number of benzene rings is 1. The fraction of sp³-hybridized carbons (Fsp3) is 0.300. The predicted molar refractivity (Wildman–Crippen MR) is 111 cm³/mol. The first kappa shape index (κ1) is 19.8. The van der Waals surface area contributed by atoms with Crippen LogP contribution in [0.2, 0.25) is 0 Å². The smallest absolute Gasteiger partial charge is 0.258 e. The van der Waals surface area contributed by atoms with Crippen LogP contribution in [0.25, 0.3) is 5.65 Å². The highest BCUT2D eigenvalue weighted by molar-refractivity contribution is 9.10. The highest BCUT2D eigenvalue weighted by Crippen LogP contribution is 2.23. The van der Waals surface area contributed by atoms with Gasteiger partial charge in [0.2, 0.25) is 0 Å². The summed E-state index contributed by atoms with van der Waals surface area (Å²) in [5.74, 6) is -0.353. The second-order valence-electron chi connectivity index (χ2n) is 7.64. The summed E-state index contributed by atoms with van der Waals surface area (Å²) in [5.41, 5.74) is 2.27. The molecule has 2 heterocycles. The molecule has 3 aromatic rings. The zero-order chi connectivity index (χ0) is 19.8. The Morgan fingerprint density at radius 1 is 1.04 bits per heavy atom. The van der Waals surface area contributed by atoms with Crippen LogP contribution in [0.5, 0.6) is 0 Å². The number of halogens is 1. The van der Waals surface area contributed by atoms with Crippen molar-refractivity contribution in [3.05, 3.63) is 80.3 Å². The van der Waals surface area contributed by atoms with Crippen molar-refractivity contribution in [2.24, 2.45) is 0 Å². The molecule has 0 unspecified atom stereocenters. The van der Waals surface area contributed by atoms with Crippen LogP contribution in [0, 0.1) is 0 Å². The first-order valence-corrected chi connectivity index (χ1v) is 11.1. The highest BCUT2D eigenvalue weighted by atomic mass is 79.9. The Hall–Kier alpha value is -1.99. The molecule has 0 N–H and O–H groups in total. The van der Waals surface area contributed by atoms with E-state index in [1.165, 1.54) is 10.5 Å². The highest BCUT2D eigenvalue weighted by Gasteiger charge is 2.17. The summed E-state index contributed by atoms with van der Waals surface area (Å²) in [6, 6.07) is 12.3. The zero-order valence-electron chi connectivity index (χ0n) is 15.4. The summed E-state index contributed by atoms with van der Waals surface area (Å²) >= 11 is 3.30. The van der Waals surface area contributed by atoms with Gasteiger partial charge < -0.3 is 0 Å². The molecule has 0 aliphatic heterocycles. The Balaban J connectivity index is 1.83. The van der Waals surface area contributed by atoms with E-state index in [-0.39, 0.29) is 28.2 Å². The van der Waals surface area contributed by atoms with Crippen molar-refractivity contribution < 1.29 is 8.42 Å². The molecule has 27 heavy (non-hydrogen) atoms. The van der Waals surface area contributed by atoms with Crippen molar-refractivity contribution >= 4 is 31.4 Å². The zero-order valence-corrected chi connectivity index (χ0v) is 17.8. The minimum Gasteiger partial charge on any atom is -0.269 e. The van der Waals surface area contributed by atoms with E-state index in [1.54, 1.807) is 18.3 Å². The van der Waals surface area contributed by atoms with Gasteiger partial charge in [0.1, 0.15) is 5.65 Å². The molecule has 5 nitrogen and oxygen atoms in total. The Bertz CT molecular complexity index is 1140. The molecule has 3 rings (SSSR count). The first-order valence-electron chi connectivity index (χ1n) is 8.51. The molecule has 0 fully saturated rings. The summed E-state index contributed by atoms with van der Waals surface area (Å²) in [4.78, 5) is 16.5. The standard InChI is InChI=1S/C20H21BrN2O3S/c1-20(2,3)15-6-4-14(5-7-15)12-27(25,26)13-17-10-19(24)23-11-16(21)8-9-18(23)22-17/h4-11H,12-13H2,1-3H3. The van der Waals surface area contributed by atoms with Gasteiger partial charge >= 0.3 is 0 Å². The lowest BCUT2D eigenvalue weighted by molar-refractivity contribution is 0.589. The van der Waals surface area contributed by atoms with Crippen LogP contribution in [0.1, 0.15) is 37.6 Å². The number of hydrogen-bond donors (Lipinski definition) is 0. The number of hydrogen-bond acceptors (Lipinski definition) is 4. The third kappa shape index (κ3) is 4.84. The molecule has 0 radical (unpaired) electrons. The van der Waals surface area contributed by atoms with Crippen LogP contribution in [-0.2, 0) is 26.8 Å². The maximum absolute atomic E-state index is 12.6. The predicted octanol–water partition coefficient (Wildman–Crippen LogP) is 3.87. The number of pyridine rings is 1. The summed E-state index contributed by atoms with van der Waals surface area (Å²) in [5, 5.41) is 0. The maximum atomic E-state index is 12.6. The number of nitrogens with zero attached hydrogens (tertiary/aromatic N) is 2. The lowest BCUT2D eigenvalue weighted by atomic mass is 9.87. The van der Waals surface area contributed by atoms with Gasteiger partial charge in [-0.25, -0.2) is 13.4 Å². The largest absolute Gasteiger partial charge is 0.269 e. The van der Waals surface area contributed by atoms with Gasteiger partial charge in [0.15, 0.2) is 9.84 Å². The average Bonchev–Trinajstić information content (AvgIpc) is 2.54. The Kier molecular flexibility index (Phi) is 5.27. The number of aromatic nitrogens is 2. The van der Waals surface area contributed by atoms with Gasteiger partial charge in [0, 0.05) is 16.7 Å². The SMILES string of the molecule is CC(C)(C)c1ccc(CS(=O)(=O)Cc2cc(=O)n3cc(Br)ccc3n2)cc1. The third-order valence-corrected chi connectivity index (χ3v) is 6.23. The molecule has 0 saturated heterocycles. The Labute approximate surface area is 167 Å². The summed E-state index contributed by atoms with van der Waals surface area (Å²) < 4.78 is 27.3. The van der Waals surface area contributed by atoms with Crippen molar-refractivity contribution in [1.82, 2.24) is 9.38 Å². The van der Waals surface area contributed by atoms with Gasteiger partial charge in [-0.2, -0.15) is 0 Å². The van der Waals surface area contributed by atoms with E-state index in [1.807, 2.05) is 24.3 Å². The van der Waals surface area contributed by atoms with E-state index in [0.29, 0.717) is 5.65 Å². The van der Waals surface area contributed by atoms with Crippen molar-refractivity contribution in [2.75, 3.05) is 0 Å². The normalized spacial score (nSPS) is 12.4. The van der Waals surface area contributed by atoms with E-state index in [0.717, 1.165) is 15.6 Å². The van der Waals surface area contributed by atoms with Crippen LogP contribution < -0.4 is 5.56 Å². The van der Waals surface area contributed by atoms with Gasteiger partial charge in [-0.1, -0.05) is 45.0 Å². The minimum atomic E-state index is -3.45. The van der Waals surface area contributed by atoms with Crippen LogP contribution in [-0.4, -0.2) is 17.8 Å². The maximum Gasteiger partial charge on any atom is 0.258 e. The van der Waals surface area contributed by atoms with E-state index >= 15 is 0 Å². The lowest BCUT2D eigenvalue weighted by Gasteiger charge is -2.19. The van der Waals surface area contributed by atoms with E-state index in [9.17, 15) is 13.2 Å². The van der Waals surface area contributed by atoms with Crippen LogP contribution in [0.4, 0.5) is 0 Å². The molecule has 0 aliphatic rings. The first-order chi connectivity index (χ1) is 12.5. The molecule has 2 aromatic heterocycles. The van der Waals surface area contributed by atoms with Crippen molar-refractivity contribution in [3.8, 4) is 0 Å². The minimum absolute atomic E-state index is 0.0175. The molecular formula is C20H21BrN2O3S. The van der Waals surface area contributed by atoms with Crippen LogP contribution >= 0.6 is 15.9 Å². The molecule has 1 aromatic carbocycles. The second-order valence-corrected chi connectivity index (χ2v) is 10.6. The summed E-state index contributed by atoms with van der Waals surface area (Å²) in [6.07, 6.45) is 1.61. The molecule has 0 bridgehead atoms. The van der Waals surface area contributed by atoms with Gasteiger partial charge in [-0.3, -0.25) is 9.20 Å². The van der Waals surface area contributed by atoms with E-state index < -0.39 is 9.84 Å². The fourth-order valence-electron chi connectivity index (χ4n) is 2.83. The molecule has 0 aliphatic carbocycles. The molecule has 0 atom stereocenters. The Morgan fingerprint density at radius 2 is 1.70 bits per heavy atom. The molecule has 7 heteroatoms. The number of sulfone groups is 1. The van der Waals surface area contributed by atoms with Crippen molar-refractivity contribution in [2.45, 2.75) is 37.7 Å². The lowest BCUT2D eigenvalue weighted by Crippen LogP contribution is -2.18.